The van der Waals surface area contributed by atoms with Crippen molar-refractivity contribution in [2.75, 3.05) is 0 Å². The van der Waals surface area contributed by atoms with E-state index < -0.39 is 0 Å². The molecular formula is C14H14N2O2. The molecule has 0 aliphatic rings. The lowest BCUT2D eigenvalue weighted by Gasteiger charge is -1.96. The van der Waals surface area contributed by atoms with Crippen molar-refractivity contribution in [3.05, 3.63) is 59.0 Å². The molecule has 1 amide bonds. The molecule has 1 aromatic carbocycles. The number of rotatable bonds is 3. The second-order valence-corrected chi connectivity index (χ2v) is 4.02. The van der Waals surface area contributed by atoms with E-state index in [-0.39, 0.29) is 11.7 Å². The smallest absolute Gasteiger partial charge is 0.307 e. The minimum Gasteiger partial charge on any atom is -0.456 e. The molecule has 0 fully saturated rings. The summed E-state index contributed by atoms with van der Waals surface area (Å²) in [5.74, 6) is 0.600. The number of hydrogen-bond donors (Lipinski definition) is 1. The molecule has 92 valence electrons. The second kappa shape index (κ2) is 5.31. The maximum absolute atomic E-state index is 11.6. The van der Waals surface area contributed by atoms with Crippen LogP contribution in [-0.4, -0.2) is 12.1 Å². The second-order valence-electron chi connectivity index (χ2n) is 4.02. The van der Waals surface area contributed by atoms with Crippen molar-refractivity contribution in [2.45, 2.75) is 13.8 Å². The number of benzene rings is 1. The molecule has 0 radical (unpaired) electrons. The van der Waals surface area contributed by atoms with Gasteiger partial charge in [0.1, 0.15) is 5.76 Å². The van der Waals surface area contributed by atoms with Gasteiger partial charge in [0.15, 0.2) is 5.76 Å². The number of aryl methyl sites for hydroxylation is 2. The van der Waals surface area contributed by atoms with Gasteiger partial charge in [0.05, 0.1) is 6.21 Å². The molecule has 2 aromatic rings. The molecule has 2 rings (SSSR count). The fraction of sp³-hybridized carbons (Fsp3) is 0.143. The van der Waals surface area contributed by atoms with Crippen molar-refractivity contribution in [1.82, 2.24) is 5.43 Å². The highest BCUT2D eigenvalue weighted by atomic mass is 16.3. The Kier molecular flexibility index (Phi) is 3.57. The van der Waals surface area contributed by atoms with Gasteiger partial charge in [-0.3, -0.25) is 4.79 Å². The molecule has 0 saturated heterocycles. The highest BCUT2D eigenvalue weighted by Gasteiger charge is 2.07. The minimum absolute atomic E-state index is 0.258. The molecule has 0 saturated carbocycles. The van der Waals surface area contributed by atoms with Gasteiger partial charge in [-0.1, -0.05) is 29.8 Å². The largest absolute Gasteiger partial charge is 0.456 e. The van der Waals surface area contributed by atoms with Crippen LogP contribution >= 0.6 is 0 Å². The molecule has 0 spiro atoms. The summed E-state index contributed by atoms with van der Waals surface area (Å²) in [6.07, 6.45) is 1.59. The van der Waals surface area contributed by atoms with Crippen LogP contribution in [0.4, 0.5) is 0 Å². The topological polar surface area (TPSA) is 54.6 Å². The molecule has 0 aliphatic heterocycles. The van der Waals surface area contributed by atoms with E-state index in [0.717, 1.165) is 5.56 Å². The zero-order valence-corrected chi connectivity index (χ0v) is 10.3. The van der Waals surface area contributed by atoms with Crippen molar-refractivity contribution >= 4 is 12.1 Å². The van der Waals surface area contributed by atoms with Crippen LogP contribution in [0.1, 0.15) is 27.4 Å². The van der Waals surface area contributed by atoms with E-state index >= 15 is 0 Å². The van der Waals surface area contributed by atoms with E-state index in [1.165, 1.54) is 5.56 Å². The van der Waals surface area contributed by atoms with Crippen molar-refractivity contribution in [1.29, 1.82) is 0 Å². The van der Waals surface area contributed by atoms with Crippen LogP contribution in [0.15, 0.2) is 45.9 Å². The quantitative estimate of drug-likeness (QED) is 0.664. The summed E-state index contributed by atoms with van der Waals surface area (Å²) < 4.78 is 5.18. The molecule has 1 heterocycles. The van der Waals surface area contributed by atoms with Crippen LogP contribution in [0.25, 0.3) is 0 Å². The van der Waals surface area contributed by atoms with E-state index in [4.69, 9.17) is 4.42 Å². The molecule has 0 aliphatic carbocycles. The zero-order valence-electron chi connectivity index (χ0n) is 10.3. The average molecular weight is 242 g/mol. The van der Waals surface area contributed by atoms with Gasteiger partial charge in [-0.2, -0.15) is 5.10 Å². The highest BCUT2D eigenvalue weighted by Crippen LogP contribution is 2.05. The Labute approximate surface area is 105 Å². The predicted octanol–water partition coefficient (Wildman–Crippen LogP) is 2.66. The van der Waals surface area contributed by atoms with Crippen LogP contribution in [0.5, 0.6) is 0 Å². The van der Waals surface area contributed by atoms with Crippen molar-refractivity contribution in [3.8, 4) is 0 Å². The number of nitrogens with zero attached hydrogens (tertiary/aromatic N) is 1. The van der Waals surface area contributed by atoms with Gasteiger partial charge in [0, 0.05) is 0 Å². The van der Waals surface area contributed by atoms with E-state index in [1.54, 1.807) is 25.3 Å². The molecule has 4 heteroatoms. The van der Waals surface area contributed by atoms with Gasteiger partial charge < -0.3 is 4.42 Å². The Morgan fingerprint density at radius 1 is 1.17 bits per heavy atom. The molecule has 1 aromatic heterocycles. The first-order valence-electron chi connectivity index (χ1n) is 5.61. The number of nitrogens with one attached hydrogen (secondary N) is 1. The van der Waals surface area contributed by atoms with Crippen LogP contribution in [0, 0.1) is 13.8 Å². The first kappa shape index (κ1) is 12.1. The average Bonchev–Trinajstić information content (AvgIpc) is 2.78. The van der Waals surface area contributed by atoms with Gasteiger partial charge in [0.2, 0.25) is 0 Å². The fourth-order valence-corrected chi connectivity index (χ4v) is 1.43. The summed E-state index contributed by atoms with van der Waals surface area (Å²) in [5, 5.41) is 3.87. The number of hydrazone groups is 1. The van der Waals surface area contributed by atoms with Crippen molar-refractivity contribution in [3.63, 3.8) is 0 Å². The van der Waals surface area contributed by atoms with Gasteiger partial charge in [0.25, 0.3) is 0 Å². The number of furan rings is 1. The third-order valence-corrected chi connectivity index (χ3v) is 2.42. The number of hydrogen-bond acceptors (Lipinski definition) is 3. The lowest BCUT2D eigenvalue weighted by Crippen LogP contribution is -2.16. The molecule has 0 bridgehead atoms. The van der Waals surface area contributed by atoms with Crippen LogP contribution in [-0.2, 0) is 0 Å². The summed E-state index contributed by atoms with van der Waals surface area (Å²) >= 11 is 0. The van der Waals surface area contributed by atoms with Gasteiger partial charge >= 0.3 is 5.91 Å². The van der Waals surface area contributed by atoms with Crippen LogP contribution in [0.3, 0.4) is 0 Å². The third kappa shape index (κ3) is 3.07. The number of carbonyl (C=O) groups is 1. The first-order valence-corrected chi connectivity index (χ1v) is 5.61. The zero-order chi connectivity index (χ0) is 13.0. The minimum atomic E-state index is -0.355. The highest BCUT2D eigenvalue weighted by molar-refractivity contribution is 5.92. The van der Waals surface area contributed by atoms with Gasteiger partial charge in [-0.15, -0.1) is 0 Å². The Bertz CT molecular complexity index is 568. The van der Waals surface area contributed by atoms with E-state index in [9.17, 15) is 4.79 Å². The fourth-order valence-electron chi connectivity index (χ4n) is 1.43. The monoisotopic (exact) mass is 242 g/mol. The molecule has 1 N–H and O–H groups in total. The Hall–Kier alpha value is -2.36. The third-order valence-electron chi connectivity index (χ3n) is 2.42. The first-order chi connectivity index (χ1) is 8.65. The van der Waals surface area contributed by atoms with Crippen LogP contribution < -0.4 is 5.43 Å². The summed E-state index contributed by atoms with van der Waals surface area (Å²) in [6.45, 7) is 3.80. The van der Waals surface area contributed by atoms with E-state index in [0.29, 0.717) is 5.76 Å². The summed E-state index contributed by atoms with van der Waals surface area (Å²) in [4.78, 5) is 11.6. The summed E-state index contributed by atoms with van der Waals surface area (Å²) in [5.41, 5.74) is 4.52. The van der Waals surface area contributed by atoms with Crippen LogP contribution in [0.2, 0.25) is 0 Å². The van der Waals surface area contributed by atoms with Gasteiger partial charge in [-0.25, -0.2) is 5.43 Å². The Balaban J connectivity index is 1.95. The van der Waals surface area contributed by atoms with E-state index in [2.05, 4.69) is 10.5 Å². The van der Waals surface area contributed by atoms with Crippen molar-refractivity contribution in [2.24, 2.45) is 5.10 Å². The van der Waals surface area contributed by atoms with Gasteiger partial charge in [-0.05, 0) is 31.5 Å². The summed E-state index contributed by atoms with van der Waals surface area (Å²) in [6, 6.07) is 11.2. The normalized spacial score (nSPS) is 10.8. The molecule has 0 unspecified atom stereocenters. The Morgan fingerprint density at radius 3 is 2.50 bits per heavy atom. The maximum Gasteiger partial charge on any atom is 0.307 e. The lowest BCUT2D eigenvalue weighted by molar-refractivity contribution is 0.0926. The number of amides is 1. The number of carbonyl (C=O) groups excluding carboxylic acids is 1. The maximum atomic E-state index is 11.6. The lowest BCUT2D eigenvalue weighted by atomic mass is 10.2. The standard InChI is InChI=1S/C14H14N2O2/c1-10-3-6-12(7-4-10)9-15-16-14(17)13-8-5-11(2)18-13/h3-9H,1-2H3,(H,16,17)/b15-9+. The Morgan fingerprint density at radius 2 is 1.89 bits per heavy atom. The molecule has 18 heavy (non-hydrogen) atoms. The summed E-state index contributed by atoms with van der Waals surface area (Å²) in [7, 11) is 0. The van der Waals surface area contributed by atoms with E-state index in [1.807, 2.05) is 31.2 Å². The SMILES string of the molecule is Cc1ccc(/C=N/NC(=O)c2ccc(C)o2)cc1. The molecule has 0 atom stereocenters. The van der Waals surface area contributed by atoms with Crippen molar-refractivity contribution < 1.29 is 9.21 Å². The predicted molar refractivity (Wildman–Crippen MR) is 69.7 cm³/mol. The molecular weight excluding hydrogens is 228 g/mol. The molecule has 4 nitrogen and oxygen atoms in total.